The molecule has 2 aromatic rings. The smallest absolute Gasteiger partial charge is 0.363 e. The molecular weight excluding hydrogens is 448 g/mol. The van der Waals surface area contributed by atoms with E-state index in [2.05, 4.69) is 27.4 Å². The lowest BCUT2D eigenvalue weighted by Crippen LogP contribution is -3.00. The molecule has 0 radical (unpaired) electrons. The minimum Gasteiger partial charge on any atom is -1.00 e. The Bertz CT molecular complexity index is 705. The number of nitrogens with zero attached hydrogens (tertiary/aromatic N) is 2. The van der Waals surface area contributed by atoms with Crippen molar-refractivity contribution in [1.82, 2.24) is 4.98 Å². The van der Waals surface area contributed by atoms with Crippen LogP contribution in [-0.4, -0.2) is 22.2 Å². The van der Waals surface area contributed by atoms with Gasteiger partial charge in [-0.1, -0.05) is 34.2 Å². The number of hydrogen-bond donors (Lipinski definition) is 0. The highest BCUT2D eigenvalue weighted by Crippen LogP contribution is 2.41. The van der Waals surface area contributed by atoms with Crippen molar-refractivity contribution >= 4 is 49.2 Å². The normalized spacial score (nSPS) is 19.5. The van der Waals surface area contributed by atoms with Crippen molar-refractivity contribution in [3.8, 4) is 5.88 Å². The summed E-state index contributed by atoms with van der Waals surface area (Å²) < 4.78 is 8.55. The van der Waals surface area contributed by atoms with Crippen LogP contribution >= 0.6 is 39.0 Å². The molecule has 7 heteroatoms. The van der Waals surface area contributed by atoms with Gasteiger partial charge in [0.2, 0.25) is 4.83 Å². The van der Waals surface area contributed by atoms with Gasteiger partial charge in [0.15, 0.2) is 0 Å². The van der Waals surface area contributed by atoms with Gasteiger partial charge in [-0.05, 0) is 48.0 Å². The van der Waals surface area contributed by atoms with Crippen molar-refractivity contribution in [2.24, 2.45) is 0 Å². The molecule has 0 saturated heterocycles. The van der Waals surface area contributed by atoms with Gasteiger partial charge in [0.05, 0.1) is 0 Å². The predicted molar refractivity (Wildman–Crippen MR) is 91.1 cm³/mol. The summed E-state index contributed by atoms with van der Waals surface area (Å²) in [6.45, 7) is 3.09. The molecule has 1 atom stereocenters. The third-order valence-electron chi connectivity index (χ3n) is 4.15. The number of hydrogen-bond acceptors (Lipinski definition) is 4. The van der Waals surface area contributed by atoms with Crippen molar-refractivity contribution in [3.63, 3.8) is 0 Å². The zero-order chi connectivity index (χ0) is 14.4. The Morgan fingerprint density at radius 3 is 3.00 bits per heavy atom. The third kappa shape index (κ3) is 2.72. The molecule has 2 aromatic heterocycles. The summed E-state index contributed by atoms with van der Waals surface area (Å²) >= 11 is 7.27. The van der Waals surface area contributed by atoms with E-state index in [1.54, 1.807) is 0 Å². The number of fused-ring (bicyclic) bond motifs is 5. The molecule has 0 bridgehead atoms. The minimum absolute atomic E-state index is 0. The summed E-state index contributed by atoms with van der Waals surface area (Å²) in [7, 11) is 0. The van der Waals surface area contributed by atoms with Gasteiger partial charge >= 0.3 is 5.16 Å². The fourth-order valence-corrected chi connectivity index (χ4v) is 5.60. The number of ether oxygens (including phenoxy) is 1. The fraction of sp³-hybridized carbons (Fsp3) is 0.600. The molecule has 120 valence electrons. The molecule has 0 amide bonds. The van der Waals surface area contributed by atoms with Crippen LogP contribution in [0.2, 0.25) is 0 Å². The Labute approximate surface area is 157 Å². The summed E-state index contributed by atoms with van der Waals surface area (Å²) in [6, 6.07) is 0. The highest BCUT2D eigenvalue weighted by Gasteiger charge is 2.37. The first-order valence-electron chi connectivity index (χ1n) is 7.55. The molecular formula is C15H18Br2N2OS2. The fourth-order valence-electron chi connectivity index (χ4n) is 3.22. The van der Waals surface area contributed by atoms with E-state index in [4.69, 9.17) is 9.72 Å². The van der Waals surface area contributed by atoms with Crippen molar-refractivity contribution in [2.45, 2.75) is 50.4 Å². The summed E-state index contributed by atoms with van der Waals surface area (Å²) in [5.74, 6) is 2.11. The standard InChI is InChI=1S/C15H18BrN2OS2.BrH/c1-2-20-15-17-13-12(10-5-3-4-6-11(10)21-13)14-18(15)8-9(7-16)19-14;/h9H,2-8H2,1H3;1H/q+1;/p-1. The maximum absolute atomic E-state index is 6.25. The van der Waals surface area contributed by atoms with Crippen LogP contribution in [0, 0.1) is 0 Å². The molecule has 2 aliphatic rings. The van der Waals surface area contributed by atoms with E-state index >= 15 is 0 Å². The molecule has 0 saturated carbocycles. The molecule has 1 aliphatic carbocycles. The Balaban J connectivity index is 0.00000144. The summed E-state index contributed by atoms with van der Waals surface area (Å²) in [5.41, 5.74) is 1.51. The molecule has 0 N–H and O–H groups in total. The van der Waals surface area contributed by atoms with Crippen LogP contribution in [0.4, 0.5) is 0 Å². The molecule has 4 rings (SSSR count). The number of thiophene rings is 1. The SMILES string of the molecule is CCSc1nc2sc3c(c2c2[n+]1CC(CBr)O2)CCCC3.[Br-]. The van der Waals surface area contributed by atoms with Crippen LogP contribution < -0.4 is 26.3 Å². The number of rotatable bonds is 3. The van der Waals surface area contributed by atoms with Crippen LogP contribution in [-0.2, 0) is 19.4 Å². The van der Waals surface area contributed by atoms with Crippen molar-refractivity contribution in [2.75, 3.05) is 11.1 Å². The summed E-state index contributed by atoms with van der Waals surface area (Å²) in [5, 5.41) is 3.29. The second-order valence-electron chi connectivity index (χ2n) is 5.53. The van der Waals surface area contributed by atoms with Crippen LogP contribution in [0.15, 0.2) is 5.16 Å². The zero-order valence-electron chi connectivity index (χ0n) is 12.4. The van der Waals surface area contributed by atoms with E-state index in [-0.39, 0.29) is 23.1 Å². The second kappa shape index (κ2) is 6.95. The average Bonchev–Trinajstić information content (AvgIpc) is 3.07. The van der Waals surface area contributed by atoms with Crippen molar-refractivity contribution in [1.29, 1.82) is 0 Å². The lowest BCUT2D eigenvalue weighted by molar-refractivity contribution is -0.721. The van der Waals surface area contributed by atoms with Gasteiger partial charge in [-0.15, -0.1) is 0 Å². The summed E-state index contributed by atoms with van der Waals surface area (Å²) in [6.07, 6.45) is 5.25. The number of alkyl halides is 1. The van der Waals surface area contributed by atoms with E-state index in [1.807, 2.05) is 23.1 Å². The first kappa shape index (κ1) is 17.0. The van der Waals surface area contributed by atoms with E-state index < -0.39 is 0 Å². The number of thioether (sulfide) groups is 1. The topological polar surface area (TPSA) is 26.0 Å². The third-order valence-corrected chi connectivity index (χ3v) is 6.92. The highest BCUT2D eigenvalue weighted by molar-refractivity contribution is 9.09. The number of aromatic nitrogens is 2. The zero-order valence-corrected chi connectivity index (χ0v) is 17.2. The van der Waals surface area contributed by atoms with E-state index in [1.165, 1.54) is 46.3 Å². The van der Waals surface area contributed by atoms with Crippen molar-refractivity contribution in [3.05, 3.63) is 10.4 Å². The van der Waals surface area contributed by atoms with Gasteiger partial charge in [0, 0.05) is 16.0 Å². The molecule has 3 nitrogen and oxygen atoms in total. The van der Waals surface area contributed by atoms with E-state index in [0.717, 1.165) is 28.7 Å². The average molecular weight is 466 g/mol. The Hall–Kier alpha value is 0.150. The van der Waals surface area contributed by atoms with Gasteiger partial charge in [-0.25, -0.2) is 0 Å². The van der Waals surface area contributed by atoms with Crippen LogP contribution in [0.25, 0.3) is 10.2 Å². The van der Waals surface area contributed by atoms with E-state index in [9.17, 15) is 0 Å². The maximum Gasteiger partial charge on any atom is 0.363 e. The first-order valence-corrected chi connectivity index (χ1v) is 10.5. The number of halogens is 2. The lowest BCUT2D eigenvalue weighted by Gasteiger charge is -2.10. The lowest BCUT2D eigenvalue weighted by atomic mass is 9.97. The quantitative estimate of drug-likeness (QED) is 0.289. The van der Waals surface area contributed by atoms with Gasteiger partial charge in [0.25, 0.3) is 5.88 Å². The van der Waals surface area contributed by atoms with Gasteiger partial charge in [-0.3, -0.25) is 0 Å². The van der Waals surface area contributed by atoms with Crippen molar-refractivity contribution < 1.29 is 26.3 Å². The second-order valence-corrected chi connectivity index (χ2v) is 8.49. The summed E-state index contributed by atoms with van der Waals surface area (Å²) in [4.78, 5) is 7.68. The van der Waals surface area contributed by atoms with E-state index in [0.29, 0.717) is 0 Å². The molecule has 3 heterocycles. The molecule has 22 heavy (non-hydrogen) atoms. The van der Waals surface area contributed by atoms with Gasteiger partial charge in [-0.2, -0.15) is 4.57 Å². The van der Waals surface area contributed by atoms with Crippen LogP contribution in [0.1, 0.15) is 30.2 Å². The molecule has 1 aliphatic heterocycles. The highest BCUT2D eigenvalue weighted by atomic mass is 79.9. The monoisotopic (exact) mass is 464 g/mol. The van der Waals surface area contributed by atoms with Gasteiger partial charge in [0.1, 0.15) is 18.0 Å². The van der Waals surface area contributed by atoms with Crippen LogP contribution in [0.3, 0.4) is 0 Å². The Morgan fingerprint density at radius 1 is 1.41 bits per heavy atom. The predicted octanol–water partition coefficient (Wildman–Crippen LogP) is 0.735. The molecule has 1 unspecified atom stereocenters. The Kier molecular flexibility index (Phi) is 5.37. The molecule has 0 fully saturated rings. The number of aryl methyl sites for hydroxylation is 2. The minimum atomic E-state index is 0. The maximum atomic E-state index is 6.25. The molecule has 0 spiro atoms. The Morgan fingerprint density at radius 2 is 2.23 bits per heavy atom. The largest absolute Gasteiger partial charge is 1.00 e. The van der Waals surface area contributed by atoms with Gasteiger partial charge < -0.3 is 21.7 Å². The first-order chi connectivity index (χ1) is 10.3. The molecule has 0 aromatic carbocycles. The van der Waals surface area contributed by atoms with Crippen LogP contribution in [0.5, 0.6) is 5.88 Å².